The maximum Gasteiger partial charge on any atom is 0.417 e. The van der Waals surface area contributed by atoms with Gasteiger partial charge in [0.15, 0.2) is 0 Å². The van der Waals surface area contributed by atoms with Crippen LogP contribution in [-0.2, 0) is 12.7 Å². The van der Waals surface area contributed by atoms with Gasteiger partial charge in [-0.1, -0.05) is 60.2 Å². The van der Waals surface area contributed by atoms with Crippen molar-refractivity contribution in [3.8, 4) is 11.3 Å². The van der Waals surface area contributed by atoms with E-state index < -0.39 is 28.9 Å². The van der Waals surface area contributed by atoms with Crippen molar-refractivity contribution in [2.45, 2.75) is 19.6 Å². The number of rotatable bonds is 5. The molecule has 4 aromatic rings. The largest absolute Gasteiger partial charge is 0.417 e. The smallest absolute Gasteiger partial charge is 0.327 e. The Morgan fingerprint density at radius 3 is 2.45 bits per heavy atom. The van der Waals surface area contributed by atoms with Crippen LogP contribution in [0.25, 0.3) is 11.3 Å². The van der Waals surface area contributed by atoms with E-state index in [1.807, 2.05) is 54.4 Å². The van der Waals surface area contributed by atoms with Crippen molar-refractivity contribution in [1.82, 2.24) is 14.8 Å². The van der Waals surface area contributed by atoms with Crippen molar-refractivity contribution < 1.29 is 18.0 Å². The SMILES string of the molecule is Cc1ccc(-c2nn(Cc3ccccc3)cc2C(=O)Nc2cc(C(F)(F)F)c[nH]c2=O)cc1. The Bertz CT molecular complexity index is 1340. The average molecular weight is 452 g/mol. The number of halogens is 3. The van der Waals surface area contributed by atoms with Crippen LogP contribution >= 0.6 is 0 Å². The van der Waals surface area contributed by atoms with Crippen LogP contribution in [0.1, 0.15) is 27.0 Å². The monoisotopic (exact) mass is 452 g/mol. The summed E-state index contributed by atoms with van der Waals surface area (Å²) in [7, 11) is 0. The third-order valence-electron chi connectivity index (χ3n) is 5.00. The molecule has 0 fully saturated rings. The lowest BCUT2D eigenvalue weighted by Crippen LogP contribution is -2.21. The Balaban J connectivity index is 1.71. The minimum absolute atomic E-state index is 0.131. The van der Waals surface area contributed by atoms with Crippen molar-refractivity contribution in [2.24, 2.45) is 0 Å². The van der Waals surface area contributed by atoms with Gasteiger partial charge in [0.2, 0.25) is 0 Å². The van der Waals surface area contributed by atoms with Crippen LogP contribution in [0.15, 0.2) is 77.9 Å². The first-order chi connectivity index (χ1) is 15.7. The summed E-state index contributed by atoms with van der Waals surface area (Å²) in [5.74, 6) is -0.741. The fraction of sp³-hybridized carbons (Fsp3) is 0.125. The molecule has 0 atom stereocenters. The predicted molar refractivity (Wildman–Crippen MR) is 118 cm³/mol. The number of anilines is 1. The Morgan fingerprint density at radius 1 is 1.09 bits per heavy atom. The minimum Gasteiger partial charge on any atom is -0.327 e. The second kappa shape index (κ2) is 8.78. The van der Waals surface area contributed by atoms with Crippen LogP contribution in [0.2, 0.25) is 0 Å². The first-order valence-electron chi connectivity index (χ1n) is 10.0. The maximum absolute atomic E-state index is 13.1. The number of aromatic nitrogens is 3. The zero-order chi connectivity index (χ0) is 23.6. The molecule has 6 nitrogen and oxygen atoms in total. The molecule has 0 bridgehead atoms. The molecule has 9 heteroatoms. The van der Waals surface area contributed by atoms with Gasteiger partial charge in [0, 0.05) is 18.0 Å². The molecule has 0 spiro atoms. The van der Waals surface area contributed by atoms with Crippen molar-refractivity contribution >= 4 is 11.6 Å². The fourth-order valence-corrected chi connectivity index (χ4v) is 3.29. The second-order valence-electron chi connectivity index (χ2n) is 7.52. The molecule has 0 unspecified atom stereocenters. The first-order valence-corrected chi connectivity index (χ1v) is 10.0. The zero-order valence-electron chi connectivity index (χ0n) is 17.5. The van der Waals surface area contributed by atoms with E-state index in [9.17, 15) is 22.8 Å². The molecule has 0 aliphatic rings. The quantitative estimate of drug-likeness (QED) is 0.454. The van der Waals surface area contributed by atoms with Crippen LogP contribution in [0, 0.1) is 6.92 Å². The Labute approximate surface area is 186 Å². The van der Waals surface area contributed by atoms with Crippen LogP contribution < -0.4 is 10.9 Å². The number of pyridine rings is 1. The van der Waals surface area contributed by atoms with Gasteiger partial charge in [-0.25, -0.2) is 0 Å². The summed E-state index contributed by atoms with van der Waals surface area (Å²) in [5, 5.41) is 6.84. The molecule has 2 aromatic carbocycles. The van der Waals surface area contributed by atoms with E-state index in [1.54, 1.807) is 16.8 Å². The molecule has 2 heterocycles. The van der Waals surface area contributed by atoms with E-state index >= 15 is 0 Å². The summed E-state index contributed by atoms with van der Waals surface area (Å²) < 4.78 is 40.7. The molecule has 2 N–H and O–H groups in total. The number of aromatic amines is 1. The highest BCUT2D eigenvalue weighted by atomic mass is 19.4. The summed E-state index contributed by atoms with van der Waals surface area (Å²) >= 11 is 0. The van der Waals surface area contributed by atoms with Gasteiger partial charge >= 0.3 is 6.18 Å². The van der Waals surface area contributed by atoms with Crippen molar-refractivity contribution in [2.75, 3.05) is 5.32 Å². The highest BCUT2D eigenvalue weighted by Crippen LogP contribution is 2.29. The number of benzene rings is 2. The average Bonchev–Trinajstić information content (AvgIpc) is 3.19. The highest BCUT2D eigenvalue weighted by Gasteiger charge is 2.31. The van der Waals surface area contributed by atoms with E-state index in [0.29, 0.717) is 30.1 Å². The van der Waals surface area contributed by atoms with Crippen molar-refractivity contribution in [3.05, 3.63) is 106 Å². The van der Waals surface area contributed by atoms with E-state index in [0.717, 1.165) is 11.1 Å². The van der Waals surface area contributed by atoms with Crippen molar-refractivity contribution in [3.63, 3.8) is 0 Å². The molecule has 0 aliphatic heterocycles. The molecule has 0 saturated carbocycles. The third kappa shape index (κ3) is 5.03. The molecular formula is C24H19F3N4O2. The van der Waals surface area contributed by atoms with E-state index in [2.05, 4.69) is 10.4 Å². The van der Waals surface area contributed by atoms with Crippen LogP contribution in [0.5, 0.6) is 0 Å². The van der Waals surface area contributed by atoms with E-state index in [4.69, 9.17) is 0 Å². The van der Waals surface area contributed by atoms with Gasteiger partial charge in [-0.3, -0.25) is 14.3 Å². The lowest BCUT2D eigenvalue weighted by atomic mass is 10.1. The number of amides is 1. The second-order valence-corrected chi connectivity index (χ2v) is 7.52. The van der Waals surface area contributed by atoms with Crippen LogP contribution in [0.3, 0.4) is 0 Å². The number of hydrogen-bond acceptors (Lipinski definition) is 3. The van der Waals surface area contributed by atoms with E-state index in [1.165, 1.54) is 6.20 Å². The minimum atomic E-state index is -4.67. The van der Waals surface area contributed by atoms with Crippen molar-refractivity contribution in [1.29, 1.82) is 0 Å². The normalized spacial score (nSPS) is 11.4. The standard InChI is InChI=1S/C24H19F3N4O2/c1-15-7-9-17(10-8-15)21-19(14-31(30-21)13-16-5-3-2-4-6-16)22(32)29-20-11-18(24(25,26)27)12-28-23(20)33/h2-12,14H,13H2,1H3,(H,28,33)(H,29,32). The maximum atomic E-state index is 13.1. The number of alkyl halides is 3. The van der Waals surface area contributed by atoms with E-state index in [-0.39, 0.29) is 5.56 Å². The molecule has 0 saturated heterocycles. The summed E-state index contributed by atoms with van der Waals surface area (Å²) in [6.45, 7) is 2.31. The fourth-order valence-electron chi connectivity index (χ4n) is 3.29. The number of aryl methyl sites for hydroxylation is 1. The number of carbonyl (C=O) groups is 1. The van der Waals surface area contributed by atoms with Crippen LogP contribution in [-0.4, -0.2) is 20.7 Å². The van der Waals surface area contributed by atoms with Gasteiger partial charge < -0.3 is 10.3 Å². The van der Waals surface area contributed by atoms with Gasteiger partial charge in [-0.15, -0.1) is 0 Å². The first kappa shape index (κ1) is 22.1. The van der Waals surface area contributed by atoms with Gasteiger partial charge in [0.1, 0.15) is 11.4 Å². The molecule has 0 aliphatic carbocycles. The summed E-state index contributed by atoms with van der Waals surface area (Å²) in [6.07, 6.45) is -2.59. The van der Waals surface area contributed by atoms with Crippen LogP contribution in [0.4, 0.5) is 18.9 Å². The topological polar surface area (TPSA) is 79.8 Å². The number of nitrogens with one attached hydrogen (secondary N) is 2. The molecule has 0 radical (unpaired) electrons. The summed E-state index contributed by atoms with van der Waals surface area (Å²) in [6, 6.07) is 17.4. The summed E-state index contributed by atoms with van der Waals surface area (Å²) in [5.41, 5.74) is 0.705. The zero-order valence-corrected chi connectivity index (χ0v) is 17.5. The molecule has 1 amide bonds. The lowest BCUT2D eigenvalue weighted by molar-refractivity contribution is -0.137. The Hall–Kier alpha value is -4.14. The lowest BCUT2D eigenvalue weighted by Gasteiger charge is -2.09. The number of H-pyrrole nitrogens is 1. The molecule has 2 aromatic heterocycles. The molecule has 33 heavy (non-hydrogen) atoms. The van der Waals surface area contributed by atoms with Gasteiger partial charge in [-0.05, 0) is 18.6 Å². The number of hydrogen-bond donors (Lipinski definition) is 2. The predicted octanol–water partition coefficient (Wildman–Crippen LogP) is 4.87. The van der Waals surface area contributed by atoms with Gasteiger partial charge in [0.05, 0.1) is 17.7 Å². The van der Waals surface area contributed by atoms with Gasteiger partial charge in [-0.2, -0.15) is 18.3 Å². The molecule has 4 rings (SSSR count). The number of nitrogens with zero attached hydrogens (tertiary/aromatic N) is 2. The Morgan fingerprint density at radius 2 is 1.79 bits per heavy atom. The molecular weight excluding hydrogens is 433 g/mol. The Kier molecular flexibility index (Phi) is 5.87. The number of carbonyl (C=O) groups excluding carboxylic acids is 1. The molecule has 168 valence electrons. The summed E-state index contributed by atoms with van der Waals surface area (Å²) in [4.78, 5) is 27.1. The third-order valence-corrected chi connectivity index (χ3v) is 5.00. The van der Waals surface area contributed by atoms with Gasteiger partial charge in [0.25, 0.3) is 11.5 Å². The highest BCUT2D eigenvalue weighted by molar-refractivity contribution is 6.08.